The second kappa shape index (κ2) is 7.71. The van der Waals surface area contributed by atoms with E-state index in [-0.39, 0.29) is 11.6 Å². The number of aromatic nitrogens is 2. The molecule has 118 valence electrons. The third-order valence-electron chi connectivity index (χ3n) is 4.16. The minimum absolute atomic E-state index is 0.0168. The Balaban J connectivity index is 1.79. The zero-order valence-corrected chi connectivity index (χ0v) is 13.4. The zero-order valence-electron chi connectivity index (χ0n) is 13.4. The number of ether oxygens (including phenoxy) is 1. The monoisotopic (exact) mass is 293 g/mol. The van der Waals surface area contributed by atoms with Gasteiger partial charge in [0.1, 0.15) is 5.82 Å². The van der Waals surface area contributed by atoms with E-state index in [2.05, 4.69) is 15.3 Å². The first kappa shape index (κ1) is 16.2. The van der Waals surface area contributed by atoms with E-state index in [1.165, 1.54) is 32.1 Å². The van der Waals surface area contributed by atoms with Crippen LogP contribution in [0.15, 0.2) is 4.79 Å². The molecule has 2 N–H and O–H groups in total. The Morgan fingerprint density at radius 1 is 1.33 bits per heavy atom. The number of aromatic amines is 1. The van der Waals surface area contributed by atoms with Gasteiger partial charge in [0.15, 0.2) is 0 Å². The highest BCUT2D eigenvalue weighted by Gasteiger charge is 2.15. The summed E-state index contributed by atoms with van der Waals surface area (Å²) in [7, 11) is 0. The number of nitrogens with zero attached hydrogens (tertiary/aromatic N) is 1. The van der Waals surface area contributed by atoms with E-state index in [9.17, 15) is 4.79 Å². The van der Waals surface area contributed by atoms with Crippen molar-refractivity contribution >= 4 is 0 Å². The highest BCUT2D eigenvalue weighted by molar-refractivity contribution is 5.19. The molecule has 1 atom stereocenters. The molecule has 0 amide bonds. The van der Waals surface area contributed by atoms with Gasteiger partial charge in [-0.25, -0.2) is 4.98 Å². The minimum Gasteiger partial charge on any atom is -0.377 e. The minimum atomic E-state index is -0.0480. The van der Waals surface area contributed by atoms with E-state index in [1.807, 2.05) is 13.8 Å². The van der Waals surface area contributed by atoms with E-state index >= 15 is 0 Å². The summed E-state index contributed by atoms with van der Waals surface area (Å²) in [5.41, 5.74) is 1.47. The number of H-pyrrole nitrogens is 1. The van der Waals surface area contributed by atoms with Crippen molar-refractivity contribution in [3.8, 4) is 0 Å². The van der Waals surface area contributed by atoms with Crippen LogP contribution in [0.2, 0.25) is 0 Å². The third-order valence-corrected chi connectivity index (χ3v) is 4.16. The van der Waals surface area contributed by atoms with Gasteiger partial charge in [-0.05, 0) is 33.6 Å². The van der Waals surface area contributed by atoms with Crippen LogP contribution in [0.5, 0.6) is 0 Å². The summed E-state index contributed by atoms with van der Waals surface area (Å²) < 4.78 is 5.88. The predicted octanol–water partition coefficient (Wildman–Crippen LogP) is 2.39. The molecule has 21 heavy (non-hydrogen) atoms. The lowest BCUT2D eigenvalue weighted by Crippen LogP contribution is -2.31. The Bertz CT molecular complexity index is 507. The van der Waals surface area contributed by atoms with Crippen LogP contribution in [-0.4, -0.2) is 29.2 Å². The second-order valence-electron chi connectivity index (χ2n) is 5.96. The van der Waals surface area contributed by atoms with Crippen LogP contribution in [-0.2, 0) is 4.74 Å². The van der Waals surface area contributed by atoms with Crippen molar-refractivity contribution in [1.82, 2.24) is 15.3 Å². The van der Waals surface area contributed by atoms with Gasteiger partial charge >= 0.3 is 0 Å². The average Bonchev–Trinajstić information content (AvgIpc) is 2.43. The van der Waals surface area contributed by atoms with Crippen molar-refractivity contribution in [1.29, 1.82) is 0 Å². The summed E-state index contributed by atoms with van der Waals surface area (Å²) >= 11 is 0. The molecule has 0 aliphatic heterocycles. The molecule has 1 aliphatic rings. The number of aryl methyl sites for hydroxylation is 2. The van der Waals surface area contributed by atoms with Crippen LogP contribution in [0.25, 0.3) is 0 Å². The molecule has 1 aromatic heterocycles. The van der Waals surface area contributed by atoms with Crippen LogP contribution < -0.4 is 10.9 Å². The lowest BCUT2D eigenvalue weighted by Gasteiger charge is -2.22. The highest BCUT2D eigenvalue weighted by atomic mass is 16.5. The molecule has 1 saturated carbocycles. The lowest BCUT2D eigenvalue weighted by molar-refractivity contribution is 0.0295. The fourth-order valence-electron chi connectivity index (χ4n) is 3.08. The Morgan fingerprint density at radius 2 is 2.05 bits per heavy atom. The molecule has 0 aromatic carbocycles. The lowest BCUT2D eigenvalue weighted by atomic mass is 9.98. The first-order valence-electron chi connectivity index (χ1n) is 8.00. The molecule has 5 nitrogen and oxygen atoms in total. The summed E-state index contributed by atoms with van der Waals surface area (Å²) in [6.07, 6.45) is 6.74. The topological polar surface area (TPSA) is 67.0 Å². The van der Waals surface area contributed by atoms with Gasteiger partial charge in [0, 0.05) is 18.3 Å². The Kier molecular flexibility index (Phi) is 5.94. The van der Waals surface area contributed by atoms with Crippen LogP contribution >= 0.6 is 0 Å². The van der Waals surface area contributed by atoms with Crippen molar-refractivity contribution in [3.63, 3.8) is 0 Å². The van der Waals surface area contributed by atoms with Gasteiger partial charge in [0.2, 0.25) is 0 Å². The molecule has 1 fully saturated rings. The molecule has 0 saturated heterocycles. The smallest absolute Gasteiger partial charge is 0.255 e. The largest absolute Gasteiger partial charge is 0.377 e. The summed E-state index contributed by atoms with van der Waals surface area (Å²) in [5, 5.41) is 3.35. The van der Waals surface area contributed by atoms with Crippen molar-refractivity contribution in [2.75, 3.05) is 13.2 Å². The van der Waals surface area contributed by atoms with Crippen molar-refractivity contribution < 1.29 is 4.74 Å². The molecule has 2 rings (SSSR count). The number of rotatable bonds is 6. The van der Waals surface area contributed by atoms with Crippen LogP contribution in [0.4, 0.5) is 0 Å². The molecule has 1 aliphatic carbocycles. The van der Waals surface area contributed by atoms with Crippen molar-refractivity contribution in [3.05, 3.63) is 27.4 Å². The Labute approximate surface area is 126 Å². The molecular weight excluding hydrogens is 266 g/mol. The Hall–Kier alpha value is -1.20. The van der Waals surface area contributed by atoms with Gasteiger partial charge < -0.3 is 15.0 Å². The summed E-state index contributed by atoms with van der Waals surface area (Å²) in [6.45, 7) is 7.13. The fraction of sp³-hybridized carbons (Fsp3) is 0.750. The normalized spacial score (nSPS) is 17.9. The maximum absolute atomic E-state index is 12.0. The Morgan fingerprint density at radius 3 is 2.71 bits per heavy atom. The molecular formula is C16H27N3O2. The molecule has 0 bridgehead atoms. The van der Waals surface area contributed by atoms with Gasteiger partial charge in [-0.3, -0.25) is 4.79 Å². The summed E-state index contributed by atoms with van der Waals surface area (Å²) in [6, 6.07) is -0.0168. The van der Waals surface area contributed by atoms with E-state index in [1.54, 1.807) is 6.92 Å². The van der Waals surface area contributed by atoms with Gasteiger partial charge in [-0.2, -0.15) is 0 Å². The van der Waals surface area contributed by atoms with E-state index in [0.29, 0.717) is 18.5 Å². The summed E-state index contributed by atoms with van der Waals surface area (Å²) in [5.74, 6) is 0.661. The average molecular weight is 293 g/mol. The molecule has 1 aromatic rings. The van der Waals surface area contributed by atoms with Crippen LogP contribution in [0.1, 0.15) is 62.2 Å². The van der Waals surface area contributed by atoms with Crippen molar-refractivity contribution in [2.24, 2.45) is 0 Å². The second-order valence-corrected chi connectivity index (χ2v) is 5.96. The van der Waals surface area contributed by atoms with Gasteiger partial charge in [-0.15, -0.1) is 0 Å². The SMILES string of the molecule is Cc1nc(C)c(C(C)NCCOC2CCCCC2)c(=O)[nH]1. The van der Waals surface area contributed by atoms with E-state index < -0.39 is 0 Å². The fourth-order valence-corrected chi connectivity index (χ4v) is 3.08. The molecule has 1 unspecified atom stereocenters. The molecule has 5 heteroatoms. The van der Waals surface area contributed by atoms with Crippen LogP contribution in [0.3, 0.4) is 0 Å². The van der Waals surface area contributed by atoms with E-state index in [4.69, 9.17) is 4.74 Å². The first-order valence-corrected chi connectivity index (χ1v) is 8.00. The van der Waals surface area contributed by atoms with Gasteiger partial charge in [-0.1, -0.05) is 19.3 Å². The highest BCUT2D eigenvalue weighted by Crippen LogP contribution is 2.20. The standard InChI is InChI=1S/C16H27N3O2/c1-11(15-12(2)18-13(3)19-16(15)20)17-9-10-21-14-7-5-4-6-8-14/h11,14,17H,4-10H2,1-3H3,(H,18,19,20). The van der Waals surface area contributed by atoms with Gasteiger partial charge in [0.25, 0.3) is 5.56 Å². The maximum atomic E-state index is 12.0. The van der Waals surface area contributed by atoms with E-state index in [0.717, 1.165) is 17.8 Å². The number of hydrogen-bond acceptors (Lipinski definition) is 4. The van der Waals surface area contributed by atoms with Crippen LogP contribution in [0, 0.1) is 13.8 Å². The quantitative estimate of drug-likeness (QED) is 0.790. The number of nitrogens with one attached hydrogen (secondary N) is 2. The molecule has 0 radical (unpaired) electrons. The molecule has 1 heterocycles. The predicted molar refractivity (Wildman–Crippen MR) is 83.6 cm³/mol. The van der Waals surface area contributed by atoms with Gasteiger partial charge in [0.05, 0.1) is 18.3 Å². The molecule has 0 spiro atoms. The maximum Gasteiger partial charge on any atom is 0.255 e. The summed E-state index contributed by atoms with van der Waals surface area (Å²) in [4.78, 5) is 19.1. The zero-order chi connectivity index (χ0) is 15.2. The third kappa shape index (κ3) is 4.64. The first-order chi connectivity index (χ1) is 10.1. The van der Waals surface area contributed by atoms with Crippen molar-refractivity contribution in [2.45, 2.75) is 65.0 Å². The number of hydrogen-bond donors (Lipinski definition) is 2.